The van der Waals surface area contributed by atoms with Crippen molar-refractivity contribution in [2.75, 3.05) is 18.5 Å². The van der Waals surface area contributed by atoms with Crippen LogP contribution in [-0.2, 0) is 40.3 Å². The normalized spacial score (nSPS) is 27.5. The Hall–Kier alpha value is -4.67. The predicted octanol–water partition coefficient (Wildman–Crippen LogP) is 3.22. The van der Waals surface area contributed by atoms with Gasteiger partial charge in [0.15, 0.2) is 0 Å². The molecular weight excluding hydrogens is 710 g/mol. The van der Waals surface area contributed by atoms with Crippen LogP contribution in [0.3, 0.4) is 0 Å². The Balaban J connectivity index is 1.42. The molecule has 0 aromatic heterocycles. The maximum atomic E-state index is 14.3. The largest absolute Gasteiger partial charge is 0.478 e. The first-order valence-electron chi connectivity index (χ1n) is 18.0. The van der Waals surface area contributed by atoms with Crippen LogP contribution in [-0.4, -0.2) is 96.4 Å². The molecule has 0 unspecified atom stereocenters. The highest BCUT2D eigenvalue weighted by molar-refractivity contribution is 7.91. The molecule has 2 saturated carbocycles. The molecule has 3 fully saturated rings. The minimum atomic E-state index is -3.94. The zero-order chi connectivity index (χ0) is 38.7. The number of aromatic carboxylic acids is 1. The Morgan fingerprint density at radius 3 is 2.40 bits per heavy atom. The molecule has 17 heteroatoms. The number of hydrogen-bond donors (Lipinski definition) is 5. The fraction of sp³-hybridized carbons (Fsp3) is 0.611. The number of aryl methyl sites for hydroxylation is 1. The lowest BCUT2D eigenvalue weighted by atomic mass is 9.85. The van der Waals surface area contributed by atoms with Gasteiger partial charge >= 0.3 is 18.2 Å². The standard InChI is InChI=1S/C36H49N5O11S/c1-5-23-19-36(23,32(46)40-53(49,50)25-13-14-25)39-29(42)27-18-24-20-41(27)30(43)28(35(2,3)4)38-33(47)51-16-10-8-6-7-9-11-21-17-22(31(44)45)12-15-26(21)37-34(48)52-24/h5,12,15,17,23-25,27-28H,1,6-11,13-14,16,18-20H2,2-4H3,(H,37,48)(H,38,47)(H,39,42)(H,40,46)(H,44,45)/t23-,24+,27-,28+,36-/m0/s1. The van der Waals surface area contributed by atoms with Crippen LogP contribution in [0.1, 0.15) is 94.5 Å². The number of rotatable bonds is 7. The average molecular weight is 760 g/mol. The smallest absolute Gasteiger partial charge is 0.411 e. The highest BCUT2D eigenvalue weighted by Gasteiger charge is 2.62. The molecule has 4 aliphatic rings. The summed E-state index contributed by atoms with van der Waals surface area (Å²) in [6.07, 6.45) is 3.59. The maximum absolute atomic E-state index is 14.3. The average Bonchev–Trinajstić information content (AvgIpc) is 4.01. The van der Waals surface area contributed by atoms with Crippen LogP contribution < -0.4 is 20.7 Å². The molecule has 5 N–H and O–H groups in total. The first kappa shape index (κ1) is 39.5. The van der Waals surface area contributed by atoms with Crippen molar-refractivity contribution in [3.8, 4) is 0 Å². The lowest BCUT2D eigenvalue weighted by molar-refractivity contribution is -0.142. The molecule has 2 aliphatic heterocycles. The summed E-state index contributed by atoms with van der Waals surface area (Å²) in [4.78, 5) is 80.9. The van der Waals surface area contributed by atoms with Gasteiger partial charge in [-0.25, -0.2) is 22.8 Å². The summed E-state index contributed by atoms with van der Waals surface area (Å²) < 4.78 is 38.5. The number of carboxylic acid groups (broad SMARTS) is 1. The summed E-state index contributed by atoms with van der Waals surface area (Å²) in [5, 5.41) is 16.9. The number of carbonyl (C=O) groups is 6. The molecule has 290 valence electrons. The van der Waals surface area contributed by atoms with Crippen LogP contribution in [0.25, 0.3) is 0 Å². The number of sulfonamides is 1. The Bertz CT molecular complexity index is 1760. The second kappa shape index (κ2) is 15.7. The SMILES string of the molecule is C=C[C@H]1C[C@@]1(NC(=O)[C@@H]1C[C@@H]2CN1C(=O)[C@H](C(C)(C)C)NC(=O)OCCCCCCCc1cc(C(=O)O)ccc1NC(=O)O2)C(=O)NS(=O)(=O)C1CC1. The van der Waals surface area contributed by atoms with Crippen LogP contribution in [0.2, 0.25) is 0 Å². The van der Waals surface area contributed by atoms with Gasteiger partial charge in [-0.3, -0.25) is 24.4 Å². The van der Waals surface area contributed by atoms with E-state index in [-0.39, 0.29) is 31.6 Å². The molecule has 2 bridgehead atoms. The van der Waals surface area contributed by atoms with E-state index in [1.54, 1.807) is 20.8 Å². The van der Waals surface area contributed by atoms with Gasteiger partial charge in [-0.2, -0.15) is 0 Å². The highest BCUT2D eigenvalue weighted by Crippen LogP contribution is 2.45. The lowest BCUT2D eigenvalue weighted by Gasteiger charge is -2.35. The van der Waals surface area contributed by atoms with E-state index in [0.717, 1.165) is 19.3 Å². The van der Waals surface area contributed by atoms with E-state index >= 15 is 0 Å². The lowest BCUT2D eigenvalue weighted by Crippen LogP contribution is -2.60. The van der Waals surface area contributed by atoms with Gasteiger partial charge in [-0.05, 0) is 67.7 Å². The molecule has 0 radical (unpaired) electrons. The number of anilines is 1. The molecule has 0 spiro atoms. The molecule has 1 aromatic carbocycles. The number of benzene rings is 1. The van der Waals surface area contributed by atoms with Crippen molar-refractivity contribution in [2.24, 2.45) is 11.3 Å². The van der Waals surface area contributed by atoms with E-state index < -0.39 is 86.2 Å². The third kappa shape index (κ3) is 9.47. The van der Waals surface area contributed by atoms with Gasteiger partial charge in [0, 0.05) is 18.0 Å². The number of hydrogen-bond acceptors (Lipinski definition) is 10. The molecule has 53 heavy (non-hydrogen) atoms. The Morgan fingerprint density at radius 2 is 1.75 bits per heavy atom. The van der Waals surface area contributed by atoms with E-state index in [2.05, 4.69) is 27.3 Å². The van der Waals surface area contributed by atoms with Crippen molar-refractivity contribution in [2.45, 2.75) is 114 Å². The van der Waals surface area contributed by atoms with E-state index in [9.17, 15) is 42.3 Å². The number of amides is 5. The summed E-state index contributed by atoms with van der Waals surface area (Å²) in [6, 6.07) is 1.88. The van der Waals surface area contributed by atoms with Crippen molar-refractivity contribution in [3.05, 3.63) is 42.0 Å². The molecule has 2 aliphatic carbocycles. The number of nitrogens with one attached hydrogen (secondary N) is 4. The van der Waals surface area contributed by atoms with Gasteiger partial charge in [-0.15, -0.1) is 6.58 Å². The molecule has 2 heterocycles. The van der Waals surface area contributed by atoms with Crippen molar-refractivity contribution in [3.63, 3.8) is 0 Å². The van der Waals surface area contributed by atoms with Crippen LogP contribution in [0.5, 0.6) is 0 Å². The van der Waals surface area contributed by atoms with E-state index in [1.165, 1.54) is 29.2 Å². The van der Waals surface area contributed by atoms with Crippen LogP contribution >= 0.6 is 0 Å². The number of ether oxygens (including phenoxy) is 2. The molecule has 5 rings (SSSR count). The van der Waals surface area contributed by atoms with E-state index in [1.807, 2.05) is 0 Å². The maximum Gasteiger partial charge on any atom is 0.411 e. The number of alkyl carbamates (subject to hydrolysis) is 1. The second-order valence-electron chi connectivity index (χ2n) is 15.4. The van der Waals surface area contributed by atoms with Gasteiger partial charge in [0.25, 0.3) is 5.91 Å². The van der Waals surface area contributed by atoms with Crippen LogP contribution in [0.4, 0.5) is 15.3 Å². The number of cyclic esters (lactones) is 1. The molecular formula is C36H49N5O11S. The van der Waals surface area contributed by atoms with Gasteiger partial charge in [-0.1, -0.05) is 46.1 Å². The summed E-state index contributed by atoms with van der Waals surface area (Å²) >= 11 is 0. The quantitative estimate of drug-likeness (QED) is 0.254. The Kier molecular flexibility index (Phi) is 11.7. The van der Waals surface area contributed by atoms with Crippen molar-refractivity contribution >= 4 is 51.6 Å². The zero-order valence-electron chi connectivity index (χ0n) is 30.3. The molecule has 5 atom stereocenters. The number of carbonyl (C=O) groups excluding carboxylic acids is 5. The van der Waals surface area contributed by atoms with Crippen molar-refractivity contribution in [1.82, 2.24) is 20.3 Å². The number of nitrogens with zero attached hydrogens (tertiary/aromatic N) is 1. The summed E-state index contributed by atoms with van der Waals surface area (Å²) in [7, 11) is -3.94. The Labute approximate surface area is 308 Å². The first-order chi connectivity index (χ1) is 24.9. The minimum absolute atomic E-state index is 0.0574. The predicted molar refractivity (Wildman–Crippen MR) is 191 cm³/mol. The zero-order valence-corrected chi connectivity index (χ0v) is 31.1. The van der Waals surface area contributed by atoms with Gasteiger partial charge in [0.2, 0.25) is 21.8 Å². The van der Waals surface area contributed by atoms with E-state index in [4.69, 9.17) is 9.47 Å². The Morgan fingerprint density at radius 1 is 1.06 bits per heavy atom. The van der Waals surface area contributed by atoms with Crippen LogP contribution in [0, 0.1) is 11.3 Å². The highest BCUT2D eigenvalue weighted by atomic mass is 32.2. The summed E-state index contributed by atoms with van der Waals surface area (Å²) in [6.45, 7) is 8.77. The summed E-state index contributed by atoms with van der Waals surface area (Å²) in [5.74, 6) is -4.05. The summed E-state index contributed by atoms with van der Waals surface area (Å²) in [5.41, 5.74) is -1.48. The molecule has 1 saturated heterocycles. The molecule has 16 nitrogen and oxygen atoms in total. The third-order valence-corrected chi connectivity index (χ3v) is 12.0. The number of fused-ring (bicyclic) bond motifs is 3. The third-order valence-electron chi connectivity index (χ3n) is 10.2. The first-order valence-corrected chi connectivity index (χ1v) is 19.6. The topological polar surface area (TPSA) is 227 Å². The van der Waals surface area contributed by atoms with Crippen LogP contribution in [0.15, 0.2) is 30.9 Å². The monoisotopic (exact) mass is 759 g/mol. The number of carboxylic acids is 1. The fourth-order valence-corrected chi connectivity index (χ4v) is 8.19. The minimum Gasteiger partial charge on any atom is -0.478 e. The van der Waals surface area contributed by atoms with Gasteiger partial charge in [0.05, 0.1) is 24.0 Å². The molecule has 5 amide bonds. The van der Waals surface area contributed by atoms with Gasteiger partial charge in [0.1, 0.15) is 23.7 Å². The molecule has 1 aromatic rings. The second-order valence-corrected chi connectivity index (χ2v) is 17.3. The van der Waals surface area contributed by atoms with Crippen molar-refractivity contribution < 1.29 is 51.8 Å². The van der Waals surface area contributed by atoms with Crippen molar-refractivity contribution in [1.29, 1.82) is 0 Å². The van der Waals surface area contributed by atoms with E-state index in [0.29, 0.717) is 43.4 Å². The fourth-order valence-electron chi connectivity index (χ4n) is 6.83. The van der Waals surface area contributed by atoms with Gasteiger partial charge < -0.3 is 30.1 Å².